The number of nitrogens with zero attached hydrogens (tertiary/aromatic N) is 1. The van der Waals surface area contributed by atoms with Gasteiger partial charge in [0, 0.05) is 12.1 Å². The first kappa shape index (κ1) is 17.3. The molecule has 3 rings (SSSR count). The number of rotatable bonds is 6. The molecule has 0 aliphatic heterocycles. The third kappa shape index (κ3) is 3.61. The highest BCUT2D eigenvalue weighted by atomic mass is 79.9. The van der Waals surface area contributed by atoms with Crippen molar-refractivity contribution in [2.45, 2.75) is 19.9 Å². The molecular weight excluding hydrogens is 384 g/mol. The van der Waals surface area contributed by atoms with Crippen molar-refractivity contribution in [3.05, 3.63) is 56.8 Å². The Morgan fingerprint density at radius 1 is 1.28 bits per heavy atom. The molecule has 0 fully saturated rings. The Balaban J connectivity index is 2.00. The van der Waals surface area contributed by atoms with Crippen LogP contribution in [0.1, 0.15) is 18.9 Å². The predicted octanol–water partition coefficient (Wildman–Crippen LogP) is 3.67. The van der Waals surface area contributed by atoms with Crippen molar-refractivity contribution < 1.29 is 4.74 Å². The zero-order valence-corrected chi connectivity index (χ0v) is 15.4. The lowest BCUT2D eigenvalue weighted by Gasteiger charge is -2.16. The number of nitrogens with two attached hydrogens (primary N) is 1. The van der Waals surface area contributed by atoms with Gasteiger partial charge in [0.15, 0.2) is 5.82 Å². The first-order chi connectivity index (χ1) is 12.1. The van der Waals surface area contributed by atoms with Crippen LogP contribution in [0.3, 0.4) is 0 Å². The van der Waals surface area contributed by atoms with Gasteiger partial charge in [0.2, 0.25) is 0 Å². The number of ether oxygens (including phenoxy) is 1. The average molecular weight is 403 g/mol. The number of fused-ring (bicyclic) bond motifs is 1. The quantitative estimate of drug-likeness (QED) is 0.584. The normalized spacial score (nSPS) is 10.8. The summed E-state index contributed by atoms with van der Waals surface area (Å²) in [6.45, 7) is 3.16. The number of aromatic nitrogens is 2. The number of hydrogen-bond donors (Lipinski definition) is 3. The molecule has 3 aromatic rings. The van der Waals surface area contributed by atoms with E-state index in [2.05, 4.69) is 50.5 Å². The molecule has 0 saturated carbocycles. The van der Waals surface area contributed by atoms with Crippen LogP contribution in [0.25, 0.3) is 10.8 Å². The zero-order chi connectivity index (χ0) is 17.8. The summed E-state index contributed by atoms with van der Waals surface area (Å²) in [6.07, 6.45) is 0.927. The SMILES string of the molecule is CCCOc1ccc2ccccc2c1CNc1c(N)n[nH]c(=O)c1Br. The molecule has 0 unspecified atom stereocenters. The number of benzene rings is 2. The summed E-state index contributed by atoms with van der Waals surface area (Å²) < 4.78 is 6.23. The molecule has 4 N–H and O–H groups in total. The number of nitrogen functional groups attached to an aromatic ring is 1. The van der Waals surface area contributed by atoms with Gasteiger partial charge in [-0.3, -0.25) is 4.79 Å². The van der Waals surface area contributed by atoms with Gasteiger partial charge in [-0.2, -0.15) is 5.10 Å². The Hall–Kier alpha value is -2.54. The van der Waals surface area contributed by atoms with E-state index >= 15 is 0 Å². The largest absolute Gasteiger partial charge is 0.493 e. The number of anilines is 2. The number of H-pyrrole nitrogens is 1. The first-order valence-corrected chi connectivity index (χ1v) is 8.82. The fourth-order valence-electron chi connectivity index (χ4n) is 2.63. The van der Waals surface area contributed by atoms with Crippen molar-refractivity contribution in [1.29, 1.82) is 0 Å². The zero-order valence-electron chi connectivity index (χ0n) is 13.8. The smallest absolute Gasteiger partial charge is 0.280 e. The number of halogens is 1. The van der Waals surface area contributed by atoms with Crippen LogP contribution < -0.4 is 21.3 Å². The van der Waals surface area contributed by atoms with Crippen molar-refractivity contribution in [3.63, 3.8) is 0 Å². The molecule has 0 bridgehead atoms. The van der Waals surface area contributed by atoms with Crippen LogP contribution in [-0.4, -0.2) is 16.8 Å². The maximum atomic E-state index is 11.7. The molecule has 130 valence electrons. The van der Waals surface area contributed by atoms with Crippen LogP contribution in [0.5, 0.6) is 5.75 Å². The van der Waals surface area contributed by atoms with Crippen molar-refractivity contribution >= 4 is 38.2 Å². The van der Waals surface area contributed by atoms with Crippen LogP contribution in [0.4, 0.5) is 11.5 Å². The minimum atomic E-state index is -0.336. The highest BCUT2D eigenvalue weighted by Gasteiger charge is 2.13. The fraction of sp³-hybridized carbons (Fsp3) is 0.222. The van der Waals surface area contributed by atoms with E-state index in [1.54, 1.807) is 0 Å². The van der Waals surface area contributed by atoms with Gasteiger partial charge in [-0.1, -0.05) is 37.3 Å². The van der Waals surface area contributed by atoms with E-state index in [-0.39, 0.29) is 11.4 Å². The summed E-state index contributed by atoms with van der Waals surface area (Å²) in [5.41, 5.74) is 7.03. The van der Waals surface area contributed by atoms with E-state index in [4.69, 9.17) is 10.5 Å². The van der Waals surface area contributed by atoms with Gasteiger partial charge in [-0.25, -0.2) is 5.10 Å². The lowest BCUT2D eigenvalue weighted by atomic mass is 10.0. The molecular formula is C18H19BrN4O2. The second-order valence-corrected chi connectivity index (χ2v) is 6.39. The van der Waals surface area contributed by atoms with Gasteiger partial charge in [-0.05, 0) is 39.2 Å². The summed E-state index contributed by atoms with van der Waals surface area (Å²) in [5, 5.41) is 11.6. The van der Waals surface area contributed by atoms with Gasteiger partial charge in [0.1, 0.15) is 10.2 Å². The first-order valence-electron chi connectivity index (χ1n) is 8.02. The van der Waals surface area contributed by atoms with Gasteiger partial charge in [-0.15, -0.1) is 0 Å². The summed E-state index contributed by atoms with van der Waals surface area (Å²) >= 11 is 3.26. The molecule has 0 amide bonds. The molecule has 0 aliphatic carbocycles. The van der Waals surface area contributed by atoms with Gasteiger partial charge in [0.05, 0.1) is 12.3 Å². The van der Waals surface area contributed by atoms with Gasteiger partial charge in [0.25, 0.3) is 5.56 Å². The van der Waals surface area contributed by atoms with Crippen LogP contribution >= 0.6 is 15.9 Å². The predicted molar refractivity (Wildman–Crippen MR) is 104 cm³/mol. The average Bonchev–Trinajstić information content (AvgIpc) is 2.63. The molecule has 25 heavy (non-hydrogen) atoms. The Morgan fingerprint density at radius 2 is 2.08 bits per heavy atom. The van der Waals surface area contributed by atoms with Crippen molar-refractivity contribution in [1.82, 2.24) is 10.2 Å². The molecule has 0 saturated heterocycles. The molecule has 7 heteroatoms. The second-order valence-electron chi connectivity index (χ2n) is 5.59. The van der Waals surface area contributed by atoms with E-state index in [1.165, 1.54) is 0 Å². The second kappa shape index (κ2) is 7.57. The molecule has 0 radical (unpaired) electrons. The van der Waals surface area contributed by atoms with Gasteiger partial charge >= 0.3 is 0 Å². The van der Waals surface area contributed by atoms with Crippen LogP contribution in [0.15, 0.2) is 45.7 Å². The molecule has 6 nitrogen and oxygen atoms in total. The van der Waals surface area contributed by atoms with Crippen molar-refractivity contribution in [3.8, 4) is 5.75 Å². The molecule has 1 heterocycles. The Bertz CT molecular complexity index is 955. The highest BCUT2D eigenvalue weighted by molar-refractivity contribution is 9.10. The third-order valence-electron chi connectivity index (χ3n) is 3.85. The minimum absolute atomic E-state index is 0.225. The van der Waals surface area contributed by atoms with Crippen LogP contribution in [0, 0.1) is 0 Å². The fourth-order valence-corrected chi connectivity index (χ4v) is 3.06. The summed E-state index contributed by atoms with van der Waals surface area (Å²) in [7, 11) is 0. The Kier molecular flexibility index (Phi) is 5.23. The van der Waals surface area contributed by atoms with Crippen LogP contribution in [-0.2, 0) is 6.54 Å². The molecule has 1 aromatic heterocycles. The molecule has 0 spiro atoms. The maximum absolute atomic E-state index is 11.7. The van der Waals surface area contributed by atoms with Gasteiger partial charge < -0.3 is 15.8 Å². The molecule has 0 aliphatic rings. The number of hydrogen-bond acceptors (Lipinski definition) is 5. The Labute approximate surface area is 153 Å². The highest BCUT2D eigenvalue weighted by Crippen LogP contribution is 2.30. The van der Waals surface area contributed by atoms with E-state index in [1.807, 2.05) is 24.3 Å². The van der Waals surface area contributed by atoms with E-state index in [0.29, 0.717) is 23.3 Å². The monoisotopic (exact) mass is 402 g/mol. The number of nitrogens with one attached hydrogen (secondary N) is 2. The lowest BCUT2D eigenvalue weighted by molar-refractivity contribution is 0.315. The lowest BCUT2D eigenvalue weighted by Crippen LogP contribution is -2.16. The van der Waals surface area contributed by atoms with Crippen LogP contribution in [0.2, 0.25) is 0 Å². The topological polar surface area (TPSA) is 93.0 Å². The third-order valence-corrected chi connectivity index (χ3v) is 4.61. The Morgan fingerprint density at radius 3 is 2.88 bits per heavy atom. The summed E-state index contributed by atoms with van der Waals surface area (Å²) in [4.78, 5) is 11.7. The summed E-state index contributed by atoms with van der Waals surface area (Å²) in [6, 6.07) is 12.1. The maximum Gasteiger partial charge on any atom is 0.280 e. The molecule has 0 atom stereocenters. The van der Waals surface area contributed by atoms with E-state index < -0.39 is 0 Å². The van der Waals surface area contributed by atoms with E-state index in [9.17, 15) is 4.79 Å². The minimum Gasteiger partial charge on any atom is -0.493 e. The van der Waals surface area contributed by atoms with Crippen molar-refractivity contribution in [2.75, 3.05) is 17.7 Å². The summed E-state index contributed by atoms with van der Waals surface area (Å²) in [5.74, 6) is 1.04. The van der Waals surface area contributed by atoms with E-state index in [0.717, 1.165) is 28.5 Å². The number of aromatic amines is 1. The molecule has 2 aromatic carbocycles. The standard InChI is InChI=1S/C18H19BrN4O2/c1-2-9-25-14-8-7-11-5-3-4-6-12(11)13(14)10-21-16-15(19)18(24)23-22-17(16)20/h3-8H,2,9-10H2,1H3,(H2,20,22)(H2,21,23,24). The van der Waals surface area contributed by atoms with Crippen molar-refractivity contribution in [2.24, 2.45) is 0 Å².